The molecule has 0 unspecified atom stereocenters. The Balaban J connectivity index is 1.58. The number of ether oxygens (including phenoxy) is 3. The molecule has 2 aliphatic heterocycles. The largest absolute Gasteiger partial charge is 0.370 e. The van der Waals surface area contributed by atoms with E-state index < -0.39 is 35.1 Å². The van der Waals surface area contributed by atoms with Gasteiger partial charge in [-0.1, -0.05) is 91.0 Å². The van der Waals surface area contributed by atoms with Crippen LogP contribution in [0.15, 0.2) is 91.0 Å². The molecule has 4 atom stereocenters. The summed E-state index contributed by atoms with van der Waals surface area (Å²) in [4.78, 5) is 15.6. The average Bonchev–Trinajstić information content (AvgIpc) is 3.42. The van der Waals surface area contributed by atoms with Crippen LogP contribution in [0.5, 0.6) is 0 Å². The molecular formula is C25H23NO6. The van der Waals surface area contributed by atoms with E-state index in [1.54, 1.807) is 0 Å². The third-order valence-corrected chi connectivity index (χ3v) is 6.05. The van der Waals surface area contributed by atoms with Gasteiger partial charge in [-0.25, -0.2) is 0 Å². The van der Waals surface area contributed by atoms with Crippen LogP contribution in [-0.2, 0) is 24.6 Å². The standard InChI is InChI=1S/C25H23NO6/c27-26(28)32-22-17-30-23-21(16-29-24(22)23)31-25(18-10-4-1-5-11-18,19-12-6-2-7-13-19)20-14-8-3-9-15-20/h1-15,21-24H,16-17H2/t21-,22+,23+,24+/m0/s1. The second-order valence-electron chi connectivity index (χ2n) is 7.90. The van der Waals surface area contributed by atoms with Crippen LogP contribution in [0.2, 0.25) is 0 Å². The molecule has 3 aromatic carbocycles. The number of hydrogen-bond donors (Lipinski definition) is 0. The second-order valence-corrected chi connectivity index (χ2v) is 7.90. The predicted octanol–water partition coefficient (Wildman–Crippen LogP) is 3.74. The first-order valence-corrected chi connectivity index (χ1v) is 10.6. The lowest BCUT2D eigenvalue weighted by molar-refractivity contribution is -0.769. The number of fused-ring (bicyclic) bond motifs is 1. The highest BCUT2D eigenvalue weighted by molar-refractivity contribution is 5.47. The molecule has 2 heterocycles. The molecule has 164 valence electrons. The third kappa shape index (κ3) is 3.64. The molecular weight excluding hydrogens is 410 g/mol. The smallest absolute Gasteiger partial charge is 0.294 e. The van der Waals surface area contributed by atoms with Crippen molar-refractivity contribution in [3.63, 3.8) is 0 Å². The SMILES string of the molecule is O=[N+]([O-])O[C@@H]1CO[C@H]2[C@@H]1OC[C@@H]2OC(c1ccccc1)(c1ccccc1)c1ccccc1. The third-order valence-electron chi connectivity index (χ3n) is 6.05. The Hall–Kier alpha value is -3.26. The highest BCUT2D eigenvalue weighted by Crippen LogP contribution is 2.44. The fourth-order valence-corrected chi connectivity index (χ4v) is 4.68. The monoisotopic (exact) mass is 433 g/mol. The normalized spacial score (nSPS) is 24.8. The van der Waals surface area contributed by atoms with Crippen molar-refractivity contribution < 1.29 is 24.1 Å². The summed E-state index contributed by atoms with van der Waals surface area (Å²) < 4.78 is 18.7. The molecule has 0 amide bonds. The summed E-state index contributed by atoms with van der Waals surface area (Å²) in [6.07, 6.45) is -2.22. The molecule has 0 bridgehead atoms. The van der Waals surface area contributed by atoms with Crippen LogP contribution in [0.3, 0.4) is 0 Å². The lowest BCUT2D eigenvalue weighted by atomic mass is 9.79. The predicted molar refractivity (Wildman–Crippen MR) is 115 cm³/mol. The number of hydrogen-bond acceptors (Lipinski definition) is 6. The first-order valence-electron chi connectivity index (χ1n) is 10.6. The van der Waals surface area contributed by atoms with Crippen LogP contribution < -0.4 is 0 Å². The molecule has 3 aromatic rings. The molecule has 2 aliphatic rings. The fraction of sp³-hybridized carbons (Fsp3) is 0.280. The molecule has 0 aliphatic carbocycles. The molecule has 2 saturated heterocycles. The molecule has 0 N–H and O–H groups in total. The van der Waals surface area contributed by atoms with E-state index in [1.807, 2.05) is 91.0 Å². The summed E-state index contributed by atoms with van der Waals surface area (Å²) in [5.74, 6) is 0. The van der Waals surface area contributed by atoms with E-state index in [2.05, 4.69) is 0 Å². The van der Waals surface area contributed by atoms with E-state index in [9.17, 15) is 10.1 Å². The summed E-state index contributed by atoms with van der Waals surface area (Å²) in [6.45, 7) is 0.340. The minimum atomic E-state index is -0.919. The van der Waals surface area contributed by atoms with Crippen molar-refractivity contribution in [2.45, 2.75) is 30.0 Å². The molecule has 0 spiro atoms. The van der Waals surface area contributed by atoms with Gasteiger partial charge in [0.15, 0.2) is 6.10 Å². The Morgan fingerprint density at radius 1 is 0.719 bits per heavy atom. The Morgan fingerprint density at radius 2 is 1.12 bits per heavy atom. The van der Waals surface area contributed by atoms with Gasteiger partial charge in [0, 0.05) is 0 Å². The molecule has 5 rings (SSSR count). The summed E-state index contributed by atoms with van der Waals surface area (Å²) in [5.41, 5.74) is 1.99. The van der Waals surface area contributed by atoms with Gasteiger partial charge in [0.1, 0.15) is 23.9 Å². The number of rotatable bonds is 7. The Labute approximate surface area is 185 Å². The van der Waals surface area contributed by atoms with Crippen LogP contribution >= 0.6 is 0 Å². The van der Waals surface area contributed by atoms with Gasteiger partial charge in [-0.3, -0.25) is 0 Å². The van der Waals surface area contributed by atoms with Crippen molar-refractivity contribution in [2.75, 3.05) is 13.2 Å². The Morgan fingerprint density at radius 3 is 1.56 bits per heavy atom. The van der Waals surface area contributed by atoms with Gasteiger partial charge in [-0.15, -0.1) is 10.1 Å². The minimum absolute atomic E-state index is 0.0885. The zero-order valence-corrected chi connectivity index (χ0v) is 17.3. The average molecular weight is 433 g/mol. The van der Waals surface area contributed by atoms with Gasteiger partial charge in [0.2, 0.25) is 0 Å². The maximum Gasteiger partial charge on any atom is 0.294 e. The van der Waals surface area contributed by atoms with Crippen molar-refractivity contribution in [3.8, 4) is 0 Å². The lowest BCUT2D eigenvalue weighted by Crippen LogP contribution is -2.42. The first kappa shape index (κ1) is 20.6. The molecule has 0 aromatic heterocycles. The molecule has 0 radical (unpaired) electrons. The maximum absolute atomic E-state index is 10.9. The van der Waals surface area contributed by atoms with E-state index in [0.29, 0.717) is 0 Å². The Bertz CT molecular complexity index is 949. The topological polar surface area (TPSA) is 80.1 Å². The van der Waals surface area contributed by atoms with Gasteiger partial charge >= 0.3 is 0 Å². The van der Waals surface area contributed by atoms with E-state index >= 15 is 0 Å². The summed E-state index contributed by atoms with van der Waals surface area (Å²) in [6, 6.07) is 30.1. The highest BCUT2D eigenvalue weighted by Gasteiger charge is 2.53. The highest BCUT2D eigenvalue weighted by atomic mass is 17.0. The van der Waals surface area contributed by atoms with Crippen LogP contribution in [0, 0.1) is 10.1 Å². The molecule has 32 heavy (non-hydrogen) atoms. The van der Waals surface area contributed by atoms with Gasteiger partial charge in [-0.05, 0) is 16.7 Å². The van der Waals surface area contributed by atoms with Crippen molar-refractivity contribution in [2.24, 2.45) is 0 Å². The summed E-state index contributed by atoms with van der Waals surface area (Å²) in [5, 5.41) is 10.1. The van der Waals surface area contributed by atoms with E-state index in [0.717, 1.165) is 16.7 Å². The molecule has 7 heteroatoms. The maximum atomic E-state index is 10.9. The van der Waals surface area contributed by atoms with Crippen LogP contribution in [0.1, 0.15) is 16.7 Å². The summed E-state index contributed by atoms with van der Waals surface area (Å²) in [7, 11) is 0. The van der Waals surface area contributed by atoms with E-state index in [4.69, 9.17) is 19.0 Å². The van der Waals surface area contributed by atoms with Gasteiger partial charge in [-0.2, -0.15) is 0 Å². The van der Waals surface area contributed by atoms with E-state index in [-0.39, 0.29) is 13.2 Å². The van der Waals surface area contributed by atoms with Gasteiger partial charge < -0.3 is 19.0 Å². The quantitative estimate of drug-likeness (QED) is 0.321. The van der Waals surface area contributed by atoms with Crippen molar-refractivity contribution >= 4 is 0 Å². The summed E-state index contributed by atoms with van der Waals surface area (Å²) >= 11 is 0. The molecule has 2 fully saturated rings. The second kappa shape index (κ2) is 8.70. The fourth-order valence-electron chi connectivity index (χ4n) is 4.68. The number of nitrogens with zero attached hydrogens (tertiary/aromatic N) is 1. The van der Waals surface area contributed by atoms with Gasteiger partial charge in [0.05, 0.1) is 13.2 Å². The van der Waals surface area contributed by atoms with Crippen molar-refractivity contribution in [1.82, 2.24) is 0 Å². The first-order chi connectivity index (χ1) is 15.7. The van der Waals surface area contributed by atoms with Crippen LogP contribution in [0.25, 0.3) is 0 Å². The van der Waals surface area contributed by atoms with Crippen LogP contribution in [0.4, 0.5) is 0 Å². The Kier molecular flexibility index (Phi) is 5.61. The zero-order chi connectivity index (χ0) is 22.0. The van der Waals surface area contributed by atoms with Crippen LogP contribution in [-0.4, -0.2) is 42.7 Å². The van der Waals surface area contributed by atoms with Crippen molar-refractivity contribution in [1.29, 1.82) is 0 Å². The lowest BCUT2D eigenvalue weighted by Gasteiger charge is -2.38. The zero-order valence-electron chi connectivity index (χ0n) is 17.3. The number of benzene rings is 3. The van der Waals surface area contributed by atoms with Crippen molar-refractivity contribution in [3.05, 3.63) is 118 Å². The molecule has 7 nitrogen and oxygen atoms in total. The van der Waals surface area contributed by atoms with Gasteiger partial charge in [0.25, 0.3) is 5.09 Å². The van der Waals surface area contributed by atoms with E-state index in [1.165, 1.54) is 0 Å². The minimum Gasteiger partial charge on any atom is -0.370 e. The molecule has 0 saturated carbocycles.